The molecular formula is C28H22N4O. The predicted molar refractivity (Wildman–Crippen MR) is 136 cm³/mol. The topological polar surface area (TPSA) is 68.3 Å². The summed E-state index contributed by atoms with van der Waals surface area (Å²) in [5.74, 6) is 0.269. The fourth-order valence-corrected chi connectivity index (χ4v) is 5.21. The lowest BCUT2D eigenvalue weighted by atomic mass is 9.98. The SMILES string of the molecule is Oc1c(C2Nc3cccc4cccc(c34)N2)cccc1C1Nc2cccc3cccc(c23)N1. The van der Waals surface area contributed by atoms with Crippen LogP contribution in [0.15, 0.2) is 91.0 Å². The van der Waals surface area contributed by atoms with Crippen LogP contribution < -0.4 is 21.3 Å². The Labute approximate surface area is 191 Å². The summed E-state index contributed by atoms with van der Waals surface area (Å²) in [6.07, 6.45) is -0.491. The van der Waals surface area contributed by atoms with Crippen LogP contribution in [0.5, 0.6) is 5.75 Å². The summed E-state index contributed by atoms with van der Waals surface area (Å²) in [5.41, 5.74) is 5.86. The van der Waals surface area contributed by atoms with Gasteiger partial charge in [0.1, 0.15) is 18.1 Å². The molecule has 0 saturated carbocycles. The smallest absolute Gasteiger partial charge is 0.129 e. The van der Waals surface area contributed by atoms with Crippen molar-refractivity contribution in [2.75, 3.05) is 21.3 Å². The van der Waals surface area contributed by atoms with Crippen LogP contribution in [0.3, 0.4) is 0 Å². The average Bonchev–Trinajstić information content (AvgIpc) is 2.85. The van der Waals surface area contributed by atoms with Gasteiger partial charge in [-0.25, -0.2) is 0 Å². The lowest BCUT2D eigenvalue weighted by molar-refractivity contribution is 0.456. The molecule has 5 nitrogen and oxygen atoms in total. The zero-order valence-corrected chi connectivity index (χ0v) is 17.8. The molecule has 0 fully saturated rings. The standard InChI is InChI=1S/C28H22N4O/c33-26-18(27-29-20-12-1-6-16-7-2-13-21(30-27)24(16)20)10-5-11-19(26)28-31-22-14-3-8-17-9-4-15-23(32-28)25(17)22/h1-15,27-33H. The van der Waals surface area contributed by atoms with Crippen LogP contribution in [0.25, 0.3) is 21.5 Å². The Morgan fingerprint density at radius 3 is 1.15 bits per heavy atom. The van der Waals surface area contributed by atoms with Crippen molar-refractivity contribution >= 4 is 44.3 Å². The number of anilines is 4. The predicted octanol–water partition coefficient (Wildman–Crippen LogP) is 6.77. The quantitative estimate of drug-likeness (QED) is 0.214. The van der Waals surface area contributed by atoms with Gasteiger partial charge in [-0.3, -0.25) is 0 Å². The van der Waals surface area contributed by atoms with Crippen molar-refractivity contribution in [3.8, 4) is 5.75 Å². The molecule has 0 aromatic heterocycles. The number of nitrogens with one attached hydrogen (secondary N) is 4. The van der Waals surface area contributed by atoms with Crippen molar-refractivity contribution in [2.45, 2.75) is 12.3 Å². The summed E-state index contributed by atoms with van der Waals surface area (Å²) in [5, 5.41) is 30.4. The van der Waals surface area contributed by atoms with Crippen LogP contribution in [0.1, 0.15) is 23.5 Å². The third-order valence-corrected chi connectivity index (χ3v) is 6.73. The molecule has 0 atom stereocenters. The highest BCUT2D eigenvalue weighted by molar-refractivity contribution is 6.06. The maximum atomic E-state index is 11.4. The Hall–Kier alpha value is -4.38. The fraction of sp³-hybridized carbons (Fsp3) is 0.0714. The Bertz CT molecular complexity index is 1370. The van der Waals surface area contributed by atoms with Gasteiger partial charge >= 0.3 is 0 Å². The molecule has 33 heavy (non-hydrogen) atoms. The number of benzene rings is 5. The molecule has 0 amide bonds. The summed E-state index contributed by atoms with van der Waals surface area (Å²) in [6, 6.07) is 31.0. The van der Waals surface area contributed by atoms with Crippen molar-refractivity contribution in [3.63, 3.8) is 0 Å². The van der Waals surface area contributed by atoms with Crippen LogP contribution >= 0.6 is 0 Å². The van der Waals surface area contributed by atoms with Crippen molar-refractivity contribution in [3.05, 3.63) is 102 Å². The molecule has 0 aliphatic carbocycles. The first-order valence-electron chi connectivity index (χ1n) is 11.2. The second-order valence-corrected chi connectivity index (χ2v) is 8.65. The minimum absolute atomic E-state index is 0.246. The Kier molecular flexibility index (Phi) is 3.76. The van der Waals surface area contributed by atoms with E-state index in [0.717, 1.165) is 33.9 Å². The van der Waals surface area contributed by atoms with Gasteiger partial charge in [0.25, 0.3) is 0 Å². The molecule has 7 rings (SSSR count). The fourth-order valence-electron chi connectivity index (χ4n) is 5.21. The van der Waals surface area contributed by atoms with E-state index in [1.807, 2.05) is 18.2 Å². The highest BCUT2D eigenvalue weighted by Crippen LogP contribution is 2.44. The molecule has 5 N–H and O–H groups in total. The summed E-state index contributed by atoms with van der Waals surface area (Å²) < 4.78 is 0. The molecule has 0 unspecified atom stereocenters. The van der Waals surface area contributed by atoms with Gasteiger partial charge in [-0.2, -0.15) is 0 Å². The second-order valence-electron chi connectivity index (χ2n) is 8.65. The van der Waals surface area contributed by atoms with Crippen LogP contribution in [-0.4, -0.2) is 5.11 Å². The maximum absolute atomic E-state index is 11.4. The average molecular weight is 431 g/mol. The summed E-state index contributed by atoms with van der Waals surface area (Å²) >= 11 is 0. The monoisotopic (exact) mass is 430 g/mol. The third-order valence-electron chi connectivity index (χ3n) is 6.73. The molecule has 0 radical (unpaired) electrons. The maximum Gasteiger partial charge on any atom is 0.129 e. The van der Waals surface area contributed by atoms with E-state index < -0.39 is 0 Å². The molecule has 5 aromatic rings. The first-order valence-corrected chi connectivity index (χ1v) is 11.2. The molecule has 0 spiro atoms. The largest absolute Gasteiger partial charge is 0.507 e. The van der Waals surface area contributed by atoms with Gasteiger partial charge in [0.15, 0.2) is 0 Å². The van der Waals surface area contributed by atoms with Crippen molar-refractivity contribution in [2.24, 2.45) is 0 Å². The van der Waals surface area contributed by atoms with Crippen LogP contribution in [0.2, 0.25) is 0 Å². The summed E-state index contributed by atoms with van der Waals surface area (Å²) in [6.45, 7) is 0. The first kappa shape index (κ1) is 18.2. The van der Waals surface area contributed by atoms with Gasteiger partial charge in [-0.1, -0.05) is 66.7 Å². The van der Waals surface area contributed by atoms with Gasteiger partial charge in [-0.15, -0.1) is 0 Å². The van der Waals surface area contributed by atoms with Crippen molar-refractivity contribution in [1.29, 1.82) is 0 Å². The Morgan fingerprint density at radius 1 is 0.455 bits per heavy atom. The van der Waals surface area contributed by atoms with Gasteiger partial charge in [0.05, 0.1) is 0 Å². The zero-order chi connectivity index (χ0) is 21.9. The molecule has 2 heterocycles. The molecule has 2 aliphatic rings. The van der Waals surface area contributed by atoms with Gasteiger partial charge in [0, 0.05) is 44.6 Å². The number of hydrogen-bond acceptors (Lipinski definition) is 5. The van der Waals surface area contributed by atoms with Crippen molar-refractivity contribution in [1.82, 2.24) is 0 Å². The van der Waals surface area contributed by atoms with Crippen molar-refractivity contribution < 1.29 is 5.11 Å². The Morgan fingerprint density at radius 2 is 0.788 bits per heavy atom. The minimum atomic E-state index is -0.246. The number of phenols is 1. The van der Waals surface area contributed by atoms with E-state index in [2.05, 4.69) is 94.1 Å². The summed E-state index contributed by atoms with van der Waals surface area (Å²) in [4.78, 5) is 0. The van der Waals surface area contributed by atoms with Crippen LogP contribution in [0.4, 0.5) is 22.7 Å². The lowest BCUT2D eigenvalue weighted by Crippen LogP contribution is -2.26. The zero-order valence-electron chi connectivity index (χ0n) is 17.8. The van der Waals surface area contributed by atoms with Crippen LogP contribution in [-0.2, 0) is 0 Å². The van der Waals surface area contributed by atoms with E-state index in [-0.39, 0.29) is 18.1 Å². The molecule has 160 valence electrons. The number of rotatable bonds is 2. The minimum Gasteiger partial charge on any atom is -0.507 e. The van der Waals surface area contributed by atoms with Gasteiger partial charge in [0.2, 0.25) is 0 Å². The number of para-hydroxylation sites is 1. The molecule has 2 aliphatic heterocycles. The molecule has 5 heteroatoms. The normalized spacial score (nSPS) is 14.9. The second kappa shape index (κ2) is 6.81. The third kappa shape index (κ3) is 2.72. The van der Waals surface area contributed by atoms with E-state index in [1.165, 1.54) is 21.5 Å². The first-order chi connectivity index (χ1) is 16.3. The van der Waals surface area contributed by atoms with Crippen LogP contribution in [0, 0.1) is 0 Å². The highest BCUT2D eigenvalue weighted by Gasteiger charge is 2.27. The Balaban J connectivity index is 1.27. The van der Waals surface area contributed by atoms with E-state index in [0.29, 0.717) is 0 Å². The number of phenolic OH excluding ortho intramolecular Hbond substituents is 1. The van der Waals surface area contributed by atoms with Gasteiger partial charge in [-0.05, 0) is 35.0 Å². The highest BCUT2D eigenvalue weighted by atomic mass is 16.3. The molecule has 0 saturated heterocycles. The summed E-state index contributed by atoms with van der Waals surface area (Å²) in [7, 11) is 0. The number of hydrogen-bond donors (Lipinski definition) is 5. The van der Waals surface area contributed by atoms with E-state index in [4.69, 9.17) is 0 Å². The van der Waals surface area contributed by atoms with E-state index in [1.54, 1.807) is 0 Å². The lowest BCUT2D eigenvalue weighted by Gasteiger charge is -2.33. The molecular weight excluding hydrogens is 408 g/mol. The van der Waals surface area contributed by atoms with E-state index >= 15 is 0 Å². The van der Waals surface area contributed by atoms with Gasteiger partial charge < -0.3 is 26.4 Å². The molecule has 0 bridgehead atoms. The number of aromatic hydroxyl groups is 1. The molecule has 5 aromatic carbocycles. The van der Waals surface area contributed by atoms with E-state index in [9.17, 15) is 5.11 Å².